The Morgan fingerprint density at radius 3 is 2.39 bits per heavy atom. The average molecular weight is 445 g/mol. The molecule has 0 aliphatic carbocycles. The zero-order chi connectivity index (χ0) is 22.4. The fourth-order valence-corrected chi connectivity index (χ4v) is 4.84. The molecule has 0 radical (unpaired) electrons. The number of benzene rings is 1. The zero-order valence-electron chi connectivity index (χ0n) is 17.8. The van der Waals surface area contributed by atoms with Crippen LogP contribution in [0.2, 0.25) is 0 Å². The number of carboxylic acids is 1. The van der Waals surface area contributed by atoms with Crippen molar-refractivity contribution in [3.63, 3.8) is 0 Å². The van der Waals surface area contributed by atoms with Gasteiger partial charge in [-0.25, -0.2) is 23.2 Å². The summed E-state index contributed by atoms with van der Waals surface area (Å²) in [6.07, 6.45) is 9.36. The van der Waals surface area contributed by atoms with E-state index in [4.69, 9.17) is 5.11 Å². The molecule has 2 aromatic rings. The lowest BCUT2D eigenvalue weighted by Crippen LogP contribution is -2.44. The first kappa shape index (κ1) is 22.9. The van der Waals surface area contributed by atoms with Crippen LogP contribution in [-0.2, 0) is 10.0 Å². The Morgan fingerprint density at radius 2 is 1.84 bits per heavy atom. The van der Waals surface area contributed by atoms with Gasteiger partial charge in [0, 0.05) is 38.1 Å². The highest BCUT2D eigenvalue weighted by molar-refractivity contribution is 7.88. The van der Waals surface area contributed by atoms with Gasteiger partial charge in [-0.05, 0) is 31.2 Å². The van der Waals surface area contributed by atoms with Crippen LogP contribution < -0.4 is 4.90 Å². The molecule has 166 valence electrons. The summed E-state index contributed by atoms with van der Waals surface area (Å²) in [5.41, 5.74) is 1.09. The first-order valence-corrected chi connectivity index (χ1v) is 12.1. The topological polar surface area (TPSA) is 104 Å². The van der Waals surface area contributed by atoms with Crippen LogP contribution in [0.25, 0.3) is 6.08 Å². The van der Waals surface area contributed by atoms with Crippen molar-refractivity contribution in [3.05, 3.63) is 59.9 Å². The summed E-state index contributed by atoms with van der Waals surface area (Å²) in [6.45, 7) is 3.76. The molecule has 0 spiro atoms. The van der Waals surface area contributed by atoms with Crippen molar-refractivity contribution < 1.29 is 18.3 Å². The summed E-state index contributed by atoms with van der Waals surface area (Å²) in [7, 11) is -3.36. The minimum absolute atomic E-state index is 0.0555. The Morgan fingerprint density at radius 1 is 1.23 bits per heavy atom. The second-order valence-electron chi connectivity index (χ2n) is 7.85. The predicted molar refractivity (Wildman–Crippen MR) is 120 cm³/mol. The van der Waals surface area contributed by atoms with Gasteiger partial charge in [0.05, 0.1) is 11.8 Å². The van der Waals surface area contributed by atoms with E-state index in [1.807, 2.05) is 54.3 Å². The van der Waals surface area contributed by atoms with E-state index in [1.54, 1.807) is 4.31 Å². The first-order chi connectivity index (χ1) is 14.7. The molecule has 9 heteroatoms. The van der Waals surface area contributed by atoms with Gasteiger partial charge >= 0.3 is 5.97 Å². The molecule has 0 amide bonds. The van der Waals surface area contributed by atoms with E-state index in [9.17, 15) is 13.2 Å². The molecular weight excluding hydrogens is 416 g/mol. The van der Waals surface area contributed by atoms with Crippen LogP contribution in [0.4, 0.5) is 5.95 Å². The average Bonchev–Trinajstić information content (AvgIpc) is 2.76. The van der Waals surface area contributed by atoms with Crippen molar-refractivity contribution in [1.29, 1.82) is 0 Å². The molecule has 1 atom stereocenters. The maximum atomic E-state index is 12.4. The molecule has 1 aliphatic rings. The molecule has 0 bridgehead atoms. The minimum atomic E-state index is -3.36. The number of rotatable bonds is 8. The van der Waals surface area contributed by atoms with Gasteiger partial charge < -0.3 is 10.0 Å². The van der Waals surface area contributed by atoms with Gasteiger partial charge in [-0.15, -0.1) is 0 Å². The van der Waals surface area contributed by atoms with Crippen molar-refractivity contribution in [2.24, 2.45) is 5.92 Å². The smallest absolute Gasteiger partial charge is 0.338 e. The van der Waals surface area contributed by atoms with Crippen LogP contribution in [0, 0.1) is 5.92 Å². The highest BCUT2D eigenvalue weighted by Crippen LogP contribution is 2.23. The highest BCUT2D eigenvalue weighted by atomic mass is 32.2. The SMILES string of the molecule is CC(/C=C/c1ccccc1)N(CC1CCN(c2ncc(C(=O)O)cn2)CC1)S(C)(=O)=O. The van der Waals surface area contributed by atoms with Crippen LogP contribution >= 0.6 is 0 Å². The Balaban J connectivity index is 1.60. The van der Waals surface area contributed by atoms with Crippen molar-refractivity contribution in [3.8, 4) is 0 Å². The molecule has 3 rings (SSSR count). The third-order valence-electron chi connectivity index (χ3n) is 5.47. The van der Waals surface area contributed by atoms with E-state index in [0.29, 0.717) is 25.6 Å². The number of aromatic nitrogens is 2. The quantitative estimate of drug-likeness (QED) is 0.668. The van der Waals surface area contributed by atoms with Gasteiger partial charge in [0.25, 0.3) is 0 Å². The lowest BCUT2D eigenvalue weighted by Gasteiger charge is -2.35. The fraction of sp³-hybridized carbons (Fsp3) is 0.409. The number of hydrogen-bond acceptors (Lipinski definition) is 6. The van der Waals surface area contributed by atoms with Gasteiger partial charge in [-0.2, -0.15) is 4.31 Å². The van der Waals surface area contributed by atoms with Crippen LogP contribution in [0.1, 0.15) is 35.7 Å². The number of nitrogens with zero attached hydrogens (tertiary/aromatic N) is 4. The minimum Gasteiger partial charge on any atom is -0.478 e. The zero-order valence-corrected chi connectivity index (χ0v) is 18.6. The summed E-state index contributed by atoms with van der Waals surface area (Å²) in [5, 5.41) is 8.97. The summed E-state index contributed by atoms with van der Waals surface area (Å²) in [5.74, 6) is -0.319. The Labute approximate surface area is 183 Å². The maximum absolute atomic E-state index is 12.4. The fourth-order valence-electron chi connectivity index (χ4n) is 3.68. The number of piperidine rings is 1. The summed E-state index contributed by atoms with van der Waals surface area (Å²) in [6, 6.07) is 9.56. The number of carbonyl (C=O) groups is 1. The van der Waals surface area contributed by atoms with Crippen LogP contribution in [0.5, 0.6) is 0 Å². The number of aromatic carboxylic acids is 1. The number of anilines is 1. The normalized spacial score (nSPS) is 16.7. The summed E-state index contributed by atoms with van der Waals surface area (Å²) in [4.78, 5) is 21.2. The summed E-state index contributed by atoms with van der Waals surface area (Å²) < 4.78 is 26.4. The highest BCUT2D eigenvalue weighted by Gasteiger charge is 2.28. The van der Waals surface area contributed by atoms with Gasteiger partial charge in [0.1, 0.15) is 0 Å². The Kier molecular flexibility index (Phi) is 7.40. The van der Waals surface area contributed by atoms with Crippen molar-refractivity contribution in [2.45, 2.75) is 25.8 Å². The molecule has 1 unspecified atom stereocenters. The lowest BCUT2D eigenvalue weighted by molar-refractivity contribution is 0.0696. The number of carboxylic acid groups (broad SMARTS) is 1. The van der Waals surface area contributed by atoms with Crippen LogP contribution in [0.15, 0.2) is 48.8 Å². The molecule has 1 aliphatic heterocycles. The largest absolute Gasteiger partial charge is 0.478 e. The molecule has 2 heterocycles. The lowest BCUT2D eigenvalue weighted by atomic mass is 9.96. The van der Waals surface area contributed by atoms with E-state index < -0.39 is 16.0 Å². The van der Waals surface area contributed by atoms with Gasteiger partial charge in [0.2, 0.25) is 16.0 Å². The van der Waals surface area contributed by atoms with E-state index >= 15 is 0 Å². The molecule has 1 aromatic heterocycles. The monoisotopic (exact) mass is 444 g/mol. The molecule has 31 heavy (non-hydrogen) atoms. The standard InChI is InChI=1S/C22H28N4O4S/c1-17(8-9-18-6-4-3-5-7-18)26(31(2,29)30)16-19-10-12-25(13-11-19)22-23-14-20(15-24-22)21(27)28/h3-9,14-15,17,19H,10-13,16H2,1-2H3,(H,27,28)/b9-8+. The first-order valence-electron chi connectivity index (χ1n) is 10.2. The molecule has 1 N–H and O–H groups in total. The van der Waals surface area contributed by atoms with Crippen molar-refractivity contribution in [1.82, 2.24) is 14.3 Å². The maximum Gasteiger partial charge on any atom is 0.338 e. The molecule has 1 fully saturated rings. The van der Waals surface area contributed by atoms with E-state index in [0.717, 1.165) is 18.4 Å². The third-order valence-corrected chi connectivity index (χ3v) is 6.80. The van der Waals surface area contributed by atoms with Gasteiger partial charge in [-0.3, -0.25) is 0 Å². The van der Waals surface area contributed by atoms with E-state index in [1.165, 1.54) is 18.6 Å². The second-order valence-corrected chi connectivity index (χ2v) is 9.79. The second kappa shape index (κ2) is 10.0. The van der Waals surface area contributed by atoms with Crippen molar-refractivity contribution in [2.75, 3.05) is 30.8 Å². The number of sulfonamides is 1. The molecule has 1 aromatic carbocycles. The predicted octanol–water partition coefficient (Wildman–Crippen LogP) is 2.75. The Hall–Kier alpha value is -2.78. The molecule has 8 nitrogen and oxygen atoms in total. The van der Waals surface area contributed by atoms with Gasteiger partial charge in [0.15, 0.2) is 0 Å². The number of hydrogen-bond donors (Lipinski definition) is 1. The molecular formula is C22H28N4O4S. The van der Waals surface area contributed by atoms with Crippen molar-refractivity contribution >= 4 is 28.0 Å². The summed E-state index contributed by atoms with van der Waals surface area (Å²) >= 11 is 0. The van der Waals surface area contributed by atoms with Crippen LogP contribution in [-0.4, -0.2) is 65.7 Å². The Bertz CT molecular complexity index is 1000. The van der Waals surface area contributed by atoms with Gasteiger partial charge in [-0.1, -0.05) is 42.5 Å². The van der Waals surface area contributed by atoms with Crippen LogP contribution in [0.3, 0.4) is 0 Å². The molecule has 0 saturated carbocycles. The third kappa shape index (κ3) is 6.35. The van der Waals surface area contributed by atoms with E-state index in [2.05, 4.69) is 9.97 Å². The molecule has 1 saturated heterocycles. The van der Waals surface area contributed by atoms with E-state index in [-0.39, 0.29) is 17.5 Å².